The number of hydrogen-bond acceptors (Lipinski definition) is 6. The van der Waals surface area contributed by atoms with Crippen LogP contribution in [0.15, 0.2) is 10.8 Å². The molecule has 0 saturated carbocycles. The first-order chi connectivity index (χ1) is 7.60. The average molecular weight is 264 g/mol. The van der Waals surface area contributed by atoms with E-state index in [0.29, 0.717) is 17.5 Å². The van der Waals surface area contributed by atoms with Crippen LogP contribution in [0.2, 0.25) is 0 Å². The number of ether oxygens (including phenoxy) is 2. The molecule has 16 heavy (non-hydrogen) atoms. The van der Waals surface area contributed by atoms with Crippen LogP contribution in [0.1, 0.15) is 13.8 Å². The van der Waals surface area contributed by atoms with Crippen LogP contribution in [0.25, 0.3) is 0 Å². The predicted octanol–water partition coefficient (Wildman–Crippen LogP) is 2.05. The first-order valence-corrected chi connectivity index (χ1v) is 6.83. The lowest BCUT2D eigenvalue weighted by atomic mass is 10.8. The van der Waals surface area contributed by atoms with Crippen molar-refractivity contribution in [2.75, 3.05) is 24.7 Å². The Kier molecular flexibility index (Phi) is 9.22. The third-order valence-corrected chi connectivity index (χ3v) is 3.42. The number of carbonyl (C=O) groups excluding carboxylic acids is 2. The Balaban J connectivity index is 3.59. The van der Waals surface area contributed by atoms with Crippen molar-refractivity contribution in [1.29, 1.82) is 0 Å². The van der Waals surface area contributed by atoms with E-state index in [-0.39, 0.29) is 23.4 Å². The normalized spacial score (nSPS) is 9.62. The van der Waals surface area contributed by atoms with Crippen molar-refractivity contribution in [3.63, 3.8) is 0 Å². The van der Waals surface area contributed by atoms with E-state index in [9.17, 15) is 9.59 Å². The molecule has 0 bridgehead atoms. The lowest BCUT2D eigenvalue weighted by molar-refractivity contribution is -0.140. The zero-order valence-electron chi connectivity index (χ0n) is 9.49. The van der Waals surface area contributed by atoms with Crippen molar-refractivity contribution < 1.29 is 19.1 Å². The summed E-state index contributed by atoms with van der Waals surface area (Å²) < 4.78 is 10.2. The molecule has 0 aromatic rings. The Labute approximate surface area is 104 Å². The number of carbonyl (C=O) groups is 2. The van der Waals surface area contributed by atoms with Crippen LogP contribution in [0.5, 0.6) is 0 Å². The van der Waals surface area contributed by atoms with Crippen LogP contribution in [0, 0.1) is 0 Å². The molecule has 0 fully saturated rings. The maximum atomic E-state index is 11.0. The Bertz CT molecular complexity index is 229. The van der Waals surface area contributed by atoms with Gasteiger partial charge in [0.2, 0.25) is 0 Å². The number of hydrogen-bond donors (Lipinski definition) is 0. The Morgan fingerprint density at radius 2 is 1.38 bits per heavy atom. The van der Waals surface area contributed by atoms with Gasteiger partial charge in [-0.15, -0.1) is 23.5 Å². The lowest BCUT2D eigenvalue weighted by Gasteiger charge is -2.04. The minimum Gasteiger partial charge on any atom is -0.465 e. The van der Waals surface area contributed by atoms with E-state index in [1.54, 1.807) is 13.8 Å². The molecule has 0 aromatic carbocycles. The minimum absolute atomic E-state index is 0.225. The standard InChI is InChI=1S/C10H16O4S2/c1-4-13-9(11)6-15-8(3)16-7-10(12)14-5-2/h3-7H2,1-2H3. The Morgan fingerprint density at radius 1 is 1.00 bits per heavy atom. The summed E-state index contributed by atoms with van der Waals surface area (Å²) in [7, 11) is 0. The largest absolute Gasteiger partial charge is 0.465 e. The molecule has 4 nitrogen and oxygen atoms in total. The quantitative estimate of drug-likeness (QED) is 0.625. The fourth-order valence-electron chi connectivity index (χ4n) is 0.726. The van der Waals surface area contributed by atoms with Crippen molar-refractivity contribution in [1.82, 2.24) is 0 Å². The molecule has 6 heteroatoms. The molecule has 0 radical (unpaired) electrons. The van der Waals surface area contributed by atoms with E-state index in [1.807, 2.05) is 0 Å². The van der Waals surface area contributed by atoms with Crippen molar-refractivity contribution in [2.45, 2.75) is 13.8 Å². The van der Waals surface area contributed by atoms with Gasteiger partial charge >= 0.3 is 11.9 Å². The molecule has 0 amide bonds. The van der Waals surface area contributed by atoms with Crippen molar-refractivity contribution in [3.05, 3.63) is 10.8 Å². The van der Waals surface area contributed by atoms with Crippen LogP contribution in [0.3, 0.4) is 0 Å². The van der Waals surface area contributed by atoms with Gasteiger partial charge in [-0.25, -0.2) is 0 Å². The highest BCUT2D eigenvalue weighted by Crippen LogP contribution is 2.26. The molecule has 0 aliphatic carbocycles. The van der Waals surface area contributed by atoms with E-state index < -0.39 is 0 Å². The maximum absolute atomic E-state index is 11.0. The van der Waals surface area contributed by atoms with Crippen LogP contribution in [-0.4, -0.2) is 36.7 Å². The van der Waals surface area contributed by atoms with Gasteiger partial charge in [-0.2, -0.15) is 0 Å². The molecule has 0 atom stereocenters. The van der Waals surface area contributed by atoms with E-state index in [1.165, 1.54) is 23.5 Å². The van der Waals surface area contributed by atoms with Gasteiger partial charge in [0, 0.05) is 4.24 Å². The Morgan fingerprint density at radius 3 is 1.69 bits per heavy atom. The second-order valence-corrected chi connectivity index (χ2v) is 4.96. The molecule has 0 aliphatic heterocycles. The summed E-state index contributed by atoms with van der Waals surface area (Å²) in [5, 5.41) is 0. The highest BCUT2D eigenvalue weighted by Gasteiger charge is 2.07. The predicted molar refractivity (Wildman–Crippen MR) is 67.3 cm³/mol. The van der Waals surface area contributed by atoms with E-state index in [4.69, 9.17) is 9.47 Å². The van der Waals surface area contributed by atoms with Crippen LogP contribution < -0.4 is 0 Å². The highest BCUT2D eigenvalue weighted by atomic mass is 32.2. The molecule has 92 valence electrons. The first-order valence-electron chi connectivity index (χ1n) is 4.85. The van der Waals surface area contributed by atoms with Gasteiger partial charge in [0.15, 0.2) is 0 Å². The van der Waals surface area contributed by atoms with Crippen LogP contribution >= 0.6 is 23.5 Å². The zero-order valence-corrected chi connectivity index (χ0v) is 11.1. The summed E-state index contributed by atoms with van der Waals surface area (Å²) in [6.45, 7) is 8.00. The van der Waals surface area contributed by atoms with Crippen LogP contribution in [-0.2, 0) is 19.1 Å². The number of rotatable bonds is 8. The third kappa shape index (κ3) is 8.67. The van der Waals surface area contributed by atoms with Crippen molar-refractivity contribution in [3.8, 4) is 0 Å². The van der Waals surface area contributed by atoms with Crippen LogP contribution in [0.4, 0.5) is 0 Å². The van der Waals surface area contributed by atoms with E-state index >= 15 is 0 Å². The summed E-state index contributed by atoms with van der Waals surface area (Å²) >= 11 is 2.54. The van der Waals surface area contributed by atoms with Crippen molar-refractivity contribution in [2.24, 2.45) is 0 Å². The molecule has 0 N–H and O–H groups in total. The van der Waals surface area contributed by atoms with Gasteiger partial charge in [0.05, 0.1) is 24.7 Å². The van der Waals surface area contributed by atoms with Gasteiger partial charge in [0.25, 0.3) is 0 Å². The summed E-state index contributed by atoms with van der Waals surface area (Å²) in [4.78, 5) is 22.0. The molecule has 0 heterocycles. The summed E-state index contributed by atoms with van der Waals surface area (Å²) in [6, 6.07) is 0. The third-order valence-electron chi connectivity index (χ3n) is 1.31. The molecular weight excluding hydrogens is 248 g/mol. The van der Waals surface area contributed by atoms with Gasteiger partial charge < -0.3 is 9.47 Å². The smallest absolute Gasteiger partial charge is 0.316 e. The highest BCUT2D eigenvalue weighted by molar-refractivity contribution is 8.22. The monoisotopic (exact) mass is 264 g/mol. The van der Waals surface area contributed by atoms with E-state index in [2.05, 4.69) is 6.58 Å². The minimum atomic E-state index is -0.273. The SMILES string of the molecule is C=C(SCC(=O)OCC)SCC(=O)OCC. The molecule has 0 aliphatic rings. The molecular formula is C10H16O4S2. The molecule has 0 saturated heterocycles. The topological polar surface area (TPSA) is 52.6 Å². The lowest BCUT2D eigenvalue weighted by Crippen LogP contribution is -2.08. The van der Waals surface area contributed by atoms with Gasteiger partial charge in [0.1, 0.15) is 0 Å². The molecule has 0 rings (SSSR count). The summed E-state index contributed by atoms with van der Waals surface area (Å²) in [5.41, 5.74) is 0. The van der Waals surface area contributed by atoms with Crippen molar-refractivity contribution >= 4 is 35.5 Å². The number of esters is 2. The summed E-state index contributed by atoms with van der Waals surface area (Å²) in [6.07, 6.45) is 0. The van der Waals surface area contributed by atoms with E-state index in [0.717, 1.165) is 0 Å². The molecule has 0 aromatic heterocycles. The molecule has 0 unspecified atom stereocenters. The zero-order chi connectivity index (χ0) is 12.4. The Hall–Kier alpha value is -0.620. The van der Waals surface area contributed by atoms with Gasteiger partial charge in [-0.3, -0.25) is 9.59 Å². The average Bonchev–Trinajstić information content (AvgIpc) is 2.24. The summed E-state index contributed by atoms with van der Waals surface area (Å²) in [5.74, 6) is -0.0962. The maximum Gasteiger partial charge on any atom is 0.316 e. The second kappa shape index (κ2) is 9.59. The first kappa shape index (κ1) is 15.4. The second-order valence-electron chi connectivity index (χ2n) is 2.56. The fourth-order valence-corrected chi connectivity index (χ4v) is 2.14. The molecule has 0 spiro atoms. The number of thioether (sulfide) groups is 2. The fraction of sp³-hybridized carbons (Fsp3) is 0.600. The van der Waals surface area contributed by atoms with Gasteiger partial charge in [-0.1, -0.05) is 6.58 Å². The van der Waals surface area contributed by atoms with Gasteiger partial charge in [-0.05, 0) is 13.8 Å².